The number of halogens is 4. The van der Waals surface area contributed by atoms with Crippen LogP contribution in [0.3, 0.4) is 0 Å². The Labute approximate surface area is 167 Å². The summed E-state index contributed by atoms with van der Waals surface area (Å²) in [6.45, 7) is 0.139. The third kappa shape index (κ3) is 2.26. The highest BCUT2D eigenvalue weighted by Gasteiger charge is 2.80. The van der Waals surface area contributed by atoms with E-state index in [2.05, 4.69) is 15.1 Å². The molecule has 3 aliphatic rings. The Morgan fingerprint density at radius 1 is 1.10 bits per heavy atom. The number of nitrogens with two attached hydrogens (primary N) is 1. The Bertz CT molecular complexity index is 1200. The molecule has 7 nitrogen and oxygen atoms in total. The van der Waals surface area contributed by atoms with Gasteiger partial charge in [-0.25, -0.2) is 14.9 Å². The van der Waals surface area contributed by atoms with Crippen molar-refractivity contribution in [2.75, 3.05) is 12.3 Å². The van der Waals surface area contributed by atoms with Crippen molar-refractivity contribution < 1.29 is 22.3 Å². The van der Waals surface area contributed by atoms with Crippen LogP contribution in [0.4, 0.5) is 23.5 Å². The average Bonchev–Trinajstić information content (AvgIpc) is 2.94. The second kappa shape index (κ2) is 5.51. The molecule has 1 spiro atoms. The molecule has 1 unspecified atom stereocenters. The molecular formula is C19H18F4N6O. The van der Waals surface area contributed by atoms with Gasteiger partial charge >= 0.3 is 12.2 Å². The number of fused-ring (bicyclic) bond motifs is 5. The molecule has 1 atom stereocenters. The van der Waals surface area contributed by atoms with Gasteiger partial charge in [0.05, 0.1) is 6.42 Å². The lowest BCUT2D eigenvalue weighted by Crippen LogP contribution is -2.30. The van der Waals surface area contributed by atoms with Crippen LogP contribution in [0.25, 0.3) is 16.6 Å². The zero-order chi connectivity index (χ0) is 20.9. The first-order chi connectivity index (χ1) is 14.2. The number of benzene rings is 1. The molecule has 11 heteroatoms. The second-order valence-corrected chi connectivity index (χ2v) is 8.25. The van der Waals surface area contributed by atoms with E-state index in [0.29, 0.717) is 35.3 Å². The number of aryl methyl sites for hydroxylation is 1. The van der Waals surface area contributed by atoms with Crippen LogP contribution < -0.4 is 10.5 Å². The van der Waals surface area contributed by atoms with Crippen LogP contribution in [0.1, 0.15) is 37.1 Å². The van der Waals surface area contributed by atoms with Gasteiger partial charge in [-0.2, -0.15) is 22.1 Å². The number of nitrogens with zero attached hydrogens (tertiary/aromatic N) is 5. The molecule has 4 heterocycles. The summed E-state index contributed by atoms with van der Waals surface area (Å²) in [6, 6.07) is 0.665. The van der Waals surface area contributed by atoms with E-state index in [4.69, 9.17) is 10.5 Å². The Balaban J connectivity index is 1.37. The number of aromatic nitrogens is 4. The van der Waals surface area contributed by atoms with Gasteiger partial charge < -0.3 is 10.5 Å². The fourth-order valence-electron chi connectivity index (χ4n) is 4.75. The summed E-state index contributed by atoms with van der Waals surface area (Å²) in [5.74, 6) is 0.310. The predicted octanol–water partition coefficient (Wildman–Crippen LogP) is 3.15. The molecule has 158 valence electrons. The summed E-state index contributed by atoms with van der Waals surface area (Å²) in [7, 11) is 0. The fourth-order valence-corrected chi connectivity index (χ4v) is 4.75. The van der Waals surface area contributed by atoms with Crippen molar-refractivity contribution >= 4 is 22.5 Å². The lowest BCUT2D eigenvalue weighted by molar-refractivity contribution is -0.186. The molecule has 1 aliphatic carbocycles. The number of anilines is 1. The van der Waals surface area contributed by atoms with Crippen LogP contribution in [0.15, 0.2) is 12.1 Å². The molecule has 1 aromatic carbocycles. The second-order valence-electron chi connectivity index (χ2n) is 8.25. The Morgan fingerprint density at radius 3 is 2.60 bits per heavy atom. The number of rotatable bonds is 3. The SMILES string of the molecule is Nc1nc2c3c(ccc2c2nc(CCN4C(F)(F)C45CCC5)nn12)CCC(F)(F)O3. The highest BCUT2D eigenvalue weighted by atomic mass is 19.3. The molecule has 1 saturated carbocycles. The molecule has 0 amide bonds. The van der Waals surface area contributed by atoms with E-state index >= 15 is 0 Å². The molecule has 2 fully saturated rings. The van der Waals surface area contributed by atoms with Crippen LogP contribution in [0.2, 0.25) is 0 Å². The first-order valence-electron chi connectivity index (χ1n) is 9.91. The van der Waals surface area contributed by atoms with Crippen molar-refractivity contribution in [3.63, 3.8) is 0 Å². The standard InChI is InChI=1S/C19H18F4N6O/c20-18(21)8-4-10-2-3-11-13(14(10)30-18)26-16(24)29-15(11)25-12(27-29)5-9-28-17(6-1-7-17)19(28,22)23/h2-3H,1,4-9H2,(H2,24,26). The Morgan fingerprint density at radius 2 is 1.90 bits per heavy atom. The molecule has 2 aliphatic heterocycles. The van der Waals surface area contributed by atoms with Gasteiger partial charge in [0.15, 0.2) is 17.2 Å². The highest BCUT2D eigenvalue weighted by molar-refractivity contribution is 5.96. The third-order valence-electron chi connectivity index (χ3n) is 6.59. The number of alkyl halides is 4. The third-order valence-corrected chi connectivity index (χ3v) is 6.59. The molecule has 0 radical (unpaired) electrons. The van der Waals surface area contributed by atoms with E-state index in [-0.39, 0.29) is 36.6 Å². The van der Waals surface area contributed by atoms with Crippen molar-refractivity contribution in [3.05, 3.63) is 23.5 Å². The normalized spacial score (nSPS) is 25.1. The van der Waals surface area contributed by atoms with E-state index in [1.165, 1.54) is 9.42 Å². The van der Waals surface area contributed by atoms with E-state index < -0.39 is 24.1 Å². The van der Waals surface area contributed by atoms with Crippen molar-refractivity contribution in [3.8, 4) is 5.75 Å². The predicted molar refractivity (Wildman–Crippen MR) is 98.5 cm³/mol. The van der Waals surface area contributed by atoms with E-state index in [1.807, 2.05) is 0 Å². The average molecular weight is 422 g/mol. The van der Waals surface area contributed by atoms with Gasteiger partial charge in [-0.15, -0.1) is 5.10 Å². The van der Waals surface area contributed by atoms with Gasteiger partial charge in [-0.3, -0.25) is 0 Å². The van der Waals surface area contributed by atoms with Gasteiger partial charge in [0.2, 0.25) is 5.95 Å². The molecule has 3 aromatic rings. The molecule has 30 heavy (non-hydrogen) atoms. The molecule has 0 bridgehead atoms. The largest absolute Gasteiger partial charge is 0.430 e. The van der Waals surface area contributed by atoms with E-state index in [1.54, 1.807) is 12.1 Å². The van der Waals surface area contributed by atoms with Gasteiger partial charge in [0, 0.05) is 18.4 Å². The fraction of sp³-hybridized carbons (Fsp3) is 0.526. The highest BCUT2D eigenvalue weighted by Crippen LogP contribution is 2.64. The quantitative estimate of drug-likeness (QED) is 0.397. The Hall–Kier alpha value is -2.69. The topological polar surface area (TPSA) is 81.3 Å². The number of nitrogen functional groups attached to an aromatic ring is 1. The van der Waals surface area contributed by atoms with Crippen LogP contribution in [-0.4, -0.2) is 48.7 Å². The maximum atomic E-state index is 14.1. The van der Waals surface area contributed by atoms with Crippen molar-refractivity contribution in [2.45, 2.75) is 56.2 Å². The van der Waals surface area contributed by atoms with Gasteiger partial charge in [-0.1, -0.05) is 6.07 Å². The van der Waals surface area contributed by atoms with Crippen LogP contribution >= 0.6 is 0 Å². The van der Waals surface area contributed by atoms with Crippen molar-refractivity contribution in [2.24, 2.45) is 0 Å². The van der Waals surface area contributed by atoms with E-state index in [0.717, 1.165) is 6.42 Å². The van der Waals surface area contributed by atoms with Crippen LogP contribution in [0.5, 0.6) is 5.75 Å². The minimum Gasteiger partial charge on any atom is -0.430 e. The summed E-state index contributed by atoms with van der Waals surface area (Å²) in [4.78, 5) is 9.87. The minimum atomic E-state index is -3.27. The monoisotopic (exact) mass is 422 g/mol. The summed E-state index contributed by atoms with van der Waals surface area (Å²) in [6.07, 6.45) is -1.46. The number of hydrogen-bond donors (Lipinski definition) is 1. The molecular weight excluding hydrogens is 404 g/mol. The first kappa shape index (κ1) is 18.1. The summed E-state index contributed by atoms with van der Waals surface area (Å²) in [5.41, 5.74) is 6.18. The maximum absolute atomic E-state index is 14.1. The minimum absolute atomic E-state index is 0.00170. The molecule has 6 rings (SSSR count). The lowest BCUT2D eigenvalue weighted by Gasteiger charge is -2.25. The molecule has 2 N–H and O–H groups in total. The first-order valence-corrected chi connectivity index (χ1v) is 9.91. The van der Waals surface area contributed by atoms with Crippen LogP contribution in [0, 0.1) is 0 Å². The van der Waals surface area contributed by atoms with Gasteiger partial charge in [0.25, 0.3) is 0 Å². The van der Waals surface area contributed by atoms with Gasteiger partial charge in [0.1, 0.15) is 11.1 Å². The zero-order valence-electron chi connectivity index (χ0n) is 15.8. The van der Waals surface area contributed by atoms with Crippen molar-refractivity contribution in [1.82, 2.24) is 24.5 Å². The summed E-state index contributed by atoms with van der Waals surface area (Å²) >= 11 is 0. The lowest BCUT2D eigenvalue weighted by atomic mass is 9.83. The van der Waals surface area contributed by atoms with Gasteiger partial charge in [-0.05, 0) is 37.3 Å². The summed E-state index contributed by atoms with van der Waals surface area (Å²) < 4.78 is 61.9. The van der Waals surface area contributed by atoms with E-state index in [9.17, 15) is 17.6 Å². The maximum Gasteiger partial charge on any atom is 0.398 e. The van der Waals surface area contributed by atoms with Crippen LogP contribution in [-0.2, 0) is 12.8 Å². The number of ether oxygens (including phenoxy) is 1. The molecule has 2 aromatic heterocycles. The van der Waals surface area contributed by atoms with Crippen molar-refractivity contribution in [1.29, 1.82) is 0 Å². The smallest absolute Gasteiger partial charge is 0.398 e. The molecule has 1 saturated heterocycles. The zero-order valence-corrected chi connectivity index (χ0v) is 15.8. The summed E-state index contributed by atoms with van der Waals surface area (Å²) in [5, 5.41) is 4.76. The Kier molecular flexibility index (Phi) is 3.33. The number of hydrogen-bond acceptors (Lipinski definition) is 6.